The van der Waals surface area contributed by atoms with Crippen LogP contribution in [0, 0.1) is 24.6 Å². The number of rotatable bonds is 7. The predicted octanol–water partition coefficient (Wildman–Crippen LogP) is 5.52. The predicted molar refractivity (Wildman–Crippen MR) is 135 cm³/mol. The van der Waals surface area contributed by atoms with E-state index in [9.17, 15) is 19.1 Å². The lowest BCUT2D eigenvalue weighted by Crippen LogP contribution is -2.46. The van der Waals surface area contributed by atoms with Crippen molar-refractivity contribution >= 4 is 34.0 Å². The highest BCUT2D eigenvalue weighted by Gasteiger charge is 2.41. The largest absolute Gasteiger partial charge is 0.369 e. The fourth-order valence-corrected chi connectivity index (χ4v) is 4.32. The maximum Gasteiger partial charge on any atom is 0.366 e. The Labute approximate surface area is 208 Å². The number of anilines is 1. The zero-order valence-electron chi connectivity index (χ0n) is 20.2. The van der Waals surface area contributed by atoms with E-state index in [1.807, 2.05) is 6.92 Å². The normalized spacial score (nSPS) is 13.1. The van der Waals surface area contributed by atoms with Gasteiger partial charge < -0.3 is 14.9 Å². The Hall–Kier alpha value is -3.21. The molecule has 3 aromatic rings. The molecule has 0 fully saturated rings. The number of halogens is 2. The van der Waals surface area contributed by atoms with Gasteiger partial charge in [-0.25, -0.2) is 9.18 Å². The third-order valence-corrected chi connectivity index (χ3v) is 6.16. The van der Waals surface area contributed by atoms with Crippen molar-refractivity contribution in [1.29, 1.82) is 0 Å². The van der Waals surface area contributed by atoms with E-state index >= 15 is 0 Å². The average molecular weight is 499 g/mol. The molecular formula is C27H28ClFN2O4. The topological polar surface area (TPSA) is 92.4 Å². The van der Waals surface area contributed by atoms with Crippen LogP contribution in [0.15, 0.2) is 45.7 Å². The summed E-state index contributed by atoms with van der Waals surface area (Å²) in [4.78, 5) is 25.3. The Balaban J connectivity index is 1.97. The van der Waals surface area contributed by atoms with Crippen LogP contribution in [0.3, 0.4) is 0 Å². The van der Waals surface area contributed by atoms with Crippen LogP contribution < -0.4 is 10.9 Å². The quantitative estimate of drug-likeness (QED) is 0.330. The molecule has 1 heterocycles. The van der Waals surface area contributed by atoms with E-state index in [-0.39, 0.29) is 6.42 Å². The van der Waals surface area contributed by atoms with Gasteiger partial charge in [0.25, 0.3) is 5.91 Å². The number of nitrogens with one attached hydrogen (secondary N) is 1. The van der Waals surface area contributed by atoms with Crippen molar-refractivity contribution in [2.45, 2.75) is 64.4 Å². The van der Waals surface area contributed by atoms with E-state index in [0.29, 0.717) is 39.2 Å². The molecule has 184 valence electrons. The molecule has 0 aliphatic rings. The second-order valence-corrected chi connectivity index (χ2v) is 9.63. The minimum Gasteiger partial charge on any atom is -0.369 e. The van der Waals surface area contributed by atoms with Gasteiger partial charge in [-0.3, -0.25) is 4.79 Å². The van der Waals surface area contributed by atoms with Crippen LogP contribution >= 0.6 is 11.6 Å². The van der Waals surface area contributed by atoms with E-state index in [0.717, 1.165) is 12.8 Å². The van der Waals surface area contributed by atoms with Gasteiger partial charge in [0.15, 0.2) is 0 Å². The molecule has 1 amide bonds. The highest BCUT2D eigenvalue weighted by atomic mass is 35.5. The summed E-state index contributed by atoms with van der Waals surface area (Å²) < 4.78 is 18.7. The van der Waals surface area contributed by atoms with Crippen LogP contribution in [0.2, 0.25) is 5.02 Å². The van der Waals surface area contributed by atoms with Crippen LogP contribution in [-0.4, -0.2) is 21.8 Å². The van der Waals surface area contributed by atoms with Crippen molar-refractivity contribution in [2.75, 3.05) is 5.32 Å². The number of unbranched alkanes of at least 4 members (excludes halogenated alkanes) is 2. The molecule has 1 atom stereocenters. The highest BCUT2D eigenvalue weighted by molar-refractivity contribution is 6.31. The number of amides is 1. The van der Waals surface area contributed by atoms with Crippen LogP contribution in [0.25, 0.3) is 10.8 Å². The van der Waals surface area contributed by atoms with Crippen molar-refractivity contribution < 1.29 is 18.8 Å². The van der Waals surface area contributed by atoms with Gasteiger partial charge in [0, 0.05) is 28.9 Å². The molecule has 0 saturated heterocycles. The van der Waals surface area contributed by atoms with Gasteiger partial charge in [0.1, 0.15) is 5.82 Å². The van der Waals surface area contributed by atoms with Crippen LogP contribution in [-0.2, 0) is 10.2 Å². The Morgan fingerprint density at radius 3 is 2.69 bits per heavy atom. The van der Waals surface area contributed by atoms with E-state index in [1.54, 1.807) is 26.8 Å². The minimum absolute atomic E-state index is 0.133. The van der Waals surface area contributed by atoms with Crippen LogP contribution in [0.1, 0.15) is 57.7 Å². The molecule has 1 unspecified atom stereocenters. The molecular weight excluding hydrogens is 471 g/mol. The first kappa shape index (κ1) is 26.4. The van der Waals surface area contributed by atoms with Crippen molar-refractivity contribution in [3.05, 3.63) is 68.9 Å². The molecule has 6 nitrogen and oxygen atoms in total. The van der Waals surface area contributed by atoms with Gasteiger partial charge in [-0.05, 0) is 60.7 Å². The smallest absolute Gasteiger partial charge is 0.366 e. The fourth-order valence-electron chi connectivity index (χ4n) is 3.95. The zero-order chi connectivity index (χ0) is 25.8. The summed E-state index contributed by atoms with van der Waals surface area (Å²) in [7, 11) is 0. The van der Waals surface area contributed by atoms with Crippen LogP contribution in [0.4, 0.5) is 10.1 Å². The number of aliphatic hydroxyl groups is 1. The Kier molecular flexibility index (Phi) is 7.99. The lowest BCUT2D eigenvalue weighted by Gasteiger charge is -2.33. The SMILES string of the molecule is CCCCC#CC(O)(CC(C)(C)c1cc(F)ccc1Cl)C(=O)Nc1ccc2c(=O)onc(C)c2c1. The molecule has 0 aliphatic carbocycles. The zero-order valence-corrected chi connectivity index (χ0v) is 20.9. The number of fused-ring (bicyclic) bond motifs is 1. The molecule has 35 heavy (non-hydrogen) atoms. The third-order valence-electron chi connectivity index (χ3n) is 5.83. The van der Waals surface area contributed by atoms with Gasteiger partial charge >= 0.3 is 5.63 Å². The highest BCUT2D eigenvalue weighted by Crippen LogP contribution is 2.37. The Morgan fingerprint density at radius 2 is 1.97 bits per heavy atom. The molecule has 3 rings (SSSR count). The molecule has 0 radical (unpaired) electrons. The summed E-state index contributed by atoms with van der Waals surface area (Å²) in [6.07, 6.45) is 2.13. The summed E-state index contributed by atoms with van der Waals surface area (Å²) in [6, 6.07) is 8.65. The lowest BCUT2D eigenvalue weighted by molar-refractivity contribution is -0.130. The first-order chi connectivity index (χ1) is 16.5. The molecule has 0 saturated carbocycles. The van der Waals surface area contributed by atoms with Gasteiger partial charge in [-0.1, -0.05) is 55.8 Å². The Bertz CT molecular complexity index is 1370. The van der Waals surface area contributed by atoms with Gasteiger partial charge in [0.2, 0.25) is 5.60 Å². The first-order valence-electron chi connectivity index (χ1n) is 11.4. The van der Waals surface area contributed by atoms with Gasteiger partial charge in [-0.2, -0.15) is 0 Å². The van der Waals surface area contributed by atoms with E-state index in [1.165, 1.54) is 30.3 Å². The molecule has 1 aromatic heterocycles. The second kappa shape index (κ2) is 10.6. The van der Waals surface area contributed by atoms with Gasteiger partial charge in [0.05, 0.1) is 11.1 Å². The maximum atomic E-state index is 14.0. The molecule has 0 spiro atoms. The molecule has 2 N–H and O–H groups in total. The molecule has 8 heteroatoms. The number of aryl methyl sites for hydroxylation is 1. The van der Waals surface area contributed by atoms with E-state index in [4.69, 9.17) is 16.1 Å². The summed E-state index contributed by atoms with van der Waals surface area (Å²) in [5.41, 5.74) is -2.28. The molecule has 2 aromatic carbocycles. The standard InChI is InChI=1S/C27H28ClFN2O4/c1-5-6-7-8-13-27(34,16-26(3,4)22-14-18(29)9-12-23(22)28)25(33)30-19-10-11-20-21(15-19)17(2)31-35-24(20)32/h9-12,14-15,34H,5-7,16H2,1-4H3,(H,30,33). The Morgan fingerprint density at radius 1 is 1.23 bits per heavy atom. The number of nitrogens with zero attached hydrogens (tertiary/aromatic N) is 1. The summed E-state index contributed by atoms with van der Waals surface area (Å²) in [6.45, 7) is 7.23. The minimum atomic E-state index is -2.09. The number of carbonyl (C=O) groups is 1. The molecule has 0 aliphatic heterocycles. The average Bonchev–Trinajstić information content (AvgIpc) is 2.80. The monoisotopic (exact) mass is 498 g/mol. The number of hydrogen-bond acceptors (Lipinski definition) is 5. The lowest BCUT2D eigenvalue weighted by atomic mass is 9.75. The van der Waals surface area contributed by atoms with Gasteiger partial charge in [-0.15, -0.1) is 0 Å². The summed E-state index contributed by atoms with van der Waals surface area (Å²) in [5.74, 6) is 4.45. The van der Waals surface area contributed by atoms with Crippen molar-refractivity contribution in [3.8, 4) is 11.8 Å². The summed E-state index contributed by atoms with van der Waals surface area (Å²) >= 11 is 6.32. The maximum absolute atomic E-state index is 14.0. The third kappa shape index (κ3) is 6.08. The molecule has 0 bridgehead atoms. The summed E-state index contributed by atoms with van der Waals surface area (Å²) in [5, 5.41) is 19.1. The number of hydrogen-bond donors (Lipinski definition) is 2. The number of carbonyl (C=O) groups excluding carboxylic acids is 1. The van der Waals surface area contributed by atoms with Crippen molar-refractivity contribution in [2.24, 2.45) is 0 Å². The van der Waals surface area contributed by atoms with Crippen molar-refractivity contribution in [1.82, 2.24) is 5.16 Å². The fraction of sp³-hybridized carbons (Fsp3) is 0.370. The number of benzene rings is 2. The first-order valence-corrected chi connectivity index (χ1v) is 11.7. The number of aromatic nitrogens is 1. The second-order valence-electron chi connectivity index (χ2n) is 9.22. The van der Waals surface area contributed by atoms with E-state index < -0.39 is 28.4 Å². The van der Waals surface area contributed by atoms with E-state index in [2.05, 4.69) is 22.3 Å². The van der Waals surface area contributed by atoms with Crippen LogP contribution in [0.5, 0.6) is 0 Å². The van der Waals surface area contributed by atoms with Crippen molar-refractivity contribution in [3.63, 3.8) is 0 Å².